The molecule has 111 heavy (non-hydrogen) atoms. The molecular formula is C79H110F2N10O20. The van der Waals surface area contributed by atoms with Crippen molar-refractivity contribution in [3.8, 4) is 0 Å². The Bertz CT molecular complexity index is 3830. The van der Waals surface area contributed by atoms with E-state index in [2.05, 4.69) is 47.5 Å². The highest BCUT2D eigenvalue weighted by Crippen LogP contribution is 2.24. The fraction of sp³-hybridized carbons (Fsp3) is 0.532. The number of hydrogen-bond donors (Lipinski definition) is 9. The van der Waals surface area contributed by atoms with Crippen LogP contribution in [-0.2, 0) is 79.7 Å². The Kier molecular flexibility index (Phi) is 40.8. The summed E-state index contributed by atoms with van der Waals surface area (Å²) in [5, 5.41) is 35.9. The van der Waals surface area contributed by atoms with Crippen molar-refractivity contribution in [2.24, 2.45) is 47.2 Å². The van der Waals surface area contributed by atoms with Gasteiger partial charge in [-0.3, -0.25) is 43.2 Å². The molecule has 3 fully saturated rings. The van der Waals surface area contributed by atoms with Gasteiger partial charge < -0.3 is 76.1 Å². The number of Topliss-reactive ketones (excluding diaryl/α,β-unsaturated/α-hetero) is 2. The number of aliphatic carboxylic acids is 1. The van der Waals surface area contributed by atoms with Gasteiger partial charge in [-0.1, -0.05) is 87.9 Å². The number of ketones is 2. The van der Waals surface area contributed by atoms with Crippen LogP contribution in [0.2, 0.25) is 0 Å². The van der Waals surface area contributed by atoms with E-state index in [4.69, 9.17) is 33.7 Å². The summed E-state index contributed by atoms with van der Waals surface area (Å²) in [7, 11) is 0. The number of benzene rings is 2. The maximum Gasteiger partial charge on any atom is 0.408 e. The Morgan fingerprint density at radius 2 is 0.928 bits per heavy atom. The minimum Gasteiger partial charge on any atom is -0.481 e. The molecule has 32 heteroatoms. The second-order valence-electron chi connectivity index (χ2n) is 28.2. The number of ether oxygens (including phenoxy) is 4. The number of nitrogens with two attached hydrogens (primary N) is 1. The van der Waals surface area contributed by atoms with Crippen LogP contribution < -0.4 is 43.0 Å². The van der Waals surface area contributed by atoms with Crippen LogP contribution in [0.25, 0.3) is 0 Å². The zero-order valence-corrected chi connectivity index (χ0v) is 64.4. The van der Waals surface area contributed by atoms with Gasteiger partial charge in [0.2, 0.25) is 23.6 Å². The van der Waals surface area contributed by atoms with Crippen LogP contribution in [-0.4, -0.2) is 168 Å². The first-order valence-electron chi connectivity index (χ1n) is 36.7. The number of rotatable bonds is 35. The lowest BCUT2D eigenvalue weighted by atomic mass is 9.87. The third-order valence-electron chi connectivity index (χ3n) is 17.1. The number of carbonyl (C=O) groups is 13. The molecule has 0 aliphatic carbocycles. The van der Waals surface area contributed by atoms with Crippen molar-refractivity contribution in [1.29, 1.82) is 0 Å². The van der Waals surface area contributed by atoms with Gasteiger partial charge in [-0.2, -0.15) is 0 Å². The summed E-state index contributed by atoms with van der Waals surface area (Å²) in [6.45, 7) is 23.4. The Balaban J connectivity index is 0.000000407. The molecule has 7 amide bonds. The van der Waals surface area contributed by atoms with Gasteiger partial charge in [0.05, 0.1) is 43.9 Å². The van der Waals surface area contributed by atoms with Crippen molar-refractivity contribution in [1.82, 2.24) is 47.5 Å². The lowest BCUT2D eigenvalue weighted by molar-refractivity contribution is -0.144. The summed E-state index contributed by atoms with van der Waals surface area (Å²) in [5.74, 6) is -8.09. The number of nitrogens with zero attached hydrogens (tertiary/aromatic N) is 2. The van der Waals surface area contributed by atoms with E-state index in [1.54, 1.807) is 89.2 Å². The number of halogens is 2. The molecule has 0 bridgehead atoms. The molecule has 4 aromatic rings. The highest BCUT2D eigenvalue weighted by atomic mass is 19.1. The molecule has 2 aromatic heterocycles. The first-order chi connectivity index (χ1) is 52.0. The number of hydrogen-bond acceptors (Lipinski definition) is 22. The number of carboxylic acids is 1. The second kappa shape index (κ2) is 48.0. The van der Waals surface area contributed by atoms with Crippen molar-refractivity contribution in [2.45, 2.75) is 191 Å². The summed E-state index contributed by atoms with van der Waals surface area (Å²) < 4.78 is 56.1. The quantitative estimate of drug-likeness (QED) is 0.0121. The fourth-order valence-electron chi connectivity index (χ4n) is 11.6. The number of nitrogens with one attached hydrogen (secondary N) is 7. The topological polar surface area (TPSA) is 441 Å². The van der Waals surface area contributed by atoms with Crippen LogP contribution in [0.3, 0.4) is 0 Å². The number of carboxylic acid groups (broad SMARTS) is 1. The standard InChI is InChI=1S/C31H39FN4O7.C20H23FN2O5.C16H26N2O5.C11H18N2O3.CH4/c1-5-42-27(38)11-10-24(16-21-12-13-33-29(21)39)34-30(40)22(15-20-6-8-23(32)9-7-20)17-26(37)28(18(2)3)35-31(41)25-14-19(4)43-36-25;1-11(2)18(22-19(25)16-8-12(3)28-23-16)17(24)10-14(20(26)27)9-13-4-6-15(21)7-5-13;1-5-22-13(19)7-6-12(10-11-8-9-17-14(11)20)18-15(21)23-16(2,3)4;1-2-16-10(14)4-3-9(12)7-8-5-6-13-11(8)15;/h6-11,14,18,21-22,24,28H,5,12-13,15-17H2,1-4H3,(H,33,39)(H,34,40)(H,35,41);4-8,11,14,18H,9-10H2,1-3H3,(H,22,25)(H,26,27);6-7,11-12H,5,8-10H2,1-4H3,(H,17,20)(H,18,21);3-4,8-9H,2,5-7,12H2,1H3,(H,13,15);1H4/b11-10+;;7-6+;4-3+;/t21-,22+,24+,28-;14-,18+;11-,12+;8-,9+;/m0100./s1. The molecule has 7 rings (SSSR count). The van der Waals surface area contributed by atoms with Gasteiger partial charge in [-0.25, -0.2) is 28.0 Å². The molecule has 3 saturated heterocycles. The lowest BCUT2D eigenvalue weighted by Gasteiger charge is -2.25. The Hall–Kier alpha value is -10.8. The maximum atomic E-state index is 13.7. The third-order valence-corrected chi connectivity index (χ3v) is 17.1. The second-order valence-corrected chi connectivity index (χ2v) is 28.2. The number of carbonyl (C=O) groups excluding carboxylic acids is 12. The predicted octanol–water partition coefficient (Wildman–Crippen LogP) is 7.72. The number of amides is 7. The first-order valence-corrected chi connectivity index (χ1v) is 36.7. The fourth-order valence-corrected chi connectivity index (χ4v) is 11.6. The Morgan fingerprint density at radius 3 is 1.26 bits per heavy atom. The minimum atomic E-state index is -1.13. The van der Waals surface area contributed by atoms with Gasteiger partial charge in [-0.05, 0) is 154 Å². The summed E-state index contributed by atoms with van der Waals surface area (Å²) in [6.07, 6.45) is 10.8. The SMILES string of the molecule is C.CCOC(=O)/C=C/[C@@H](N)C[C@@H]1CCNC1=O.CCOC(=O)/C=C/[C@H](C[C@@H]1CCNC1=O)NC(=O)OC(C)(C)C.CCOC(=O)/C=C/[C@H](C[C@@H]1CCNC1=O)NC(=O)[C@@H](CC(=O)[C@@H](NC(=O)c1cc(C)on1)C(C)C)Cc1ccc(F)cc1.Cc1cc(C(=O)N[C@H](C(=O)C[C@@H](Cc2ccc(F)cc2)C(=O)O)C(C)C)no1. The number of aromatic nitrogens is 2. The van der Waals surface area contributed by atoms with Gasteiger partial charge in [0, 0.05) is 98.6 Å². The molecule has 30 nitrogen and oxygen atoms in total. The van der Waals surface area contributed by atoms with E-state index >= 15 is 0 Å². The number of esters is 3. The molecule has 10 atom stereocenters. The predicted molar refractivity (Wildman–Crippen MR) is 403 cm³/mol. The first kappa shape index (κ1) is 94.4. The van der Waals surface area contributed by atoms with Crippen molar-refractivity contribution < 1.29 is 104 Å². The Labute approximate surface area is 646 Å². The van der Waals surface area contributed by atoms with E-state index < -0.39 is 107 Å². The molecule has 3 aliphatic heterocycles. The molecule has 3 aliphatic rings. The van der Waals surface area contributed by atoms with Gasteiger partial charge in [-0.15, -0.1) is 0 Å². The van der Waals surface area contributed by atoms with E-state index in [0.29, 0.717) is 68.0 Å². The van der Waals surface area contributed by atoms with Crippen LogP contribution in [0.15, 0.2) is 106 Å². The summed E-state index contributed by atoms with van der Waals surface area (Å²) in [4.78, 5) is 158. The zero-order chi connectivity index (χ0) is 81.8. The van der Waals surface area contributed by atoms with Gasteiger partial charge in [0.25, 0.3) is 11.8 Å². The van der Waals surface area contributed by atoms with Crippen LogP contribution >= 0.6 is 0 Å². The van der Waals surface area contributed by atoms with Crippen molar-refractivity contribution >= 4 is 77.0 Å². The highest BCUT2D eigenvalue weighted by molar-refractivity contribution is 5.99. The molecule has 2 aromatic carbocycles. The monoisotopic (exact) mass is 1560 g/mol. The van der Waals surface area contributed by atoms with Crippen LogP contribution in [0.4, 0.5) is 13.6 Å². The lowest BCUT2D eigenvalue weighted by Crippen LogP contribution is -2.47. The number of alkyl carbamates (subject to hydrolysis) is 1. The van der Waals surface area contributed by atoms with E-state index in [1.807, 2.05) is 0 Å². The molecule has 0 saturated carbocycles. The Morgan fingerprint density at radius 1 is 0.568 bits per heavy atom. The third kappa shape index (κ3) is 35.6. The van der Waals surface area contributed by atoms with Crippen LogP contribution in [0, 0.1) is 66.9 Å². The summed E-state index contributed by atoms with van der Waals surface area (Å²) >= 11 is 0. The van der Waals surface area contributed by atoms with Gasteiger partial charge in [0.1, 0.15) is 28.8 Å². The summed E-state index contributed by atoms with van der Waals surface area (Å²) in [5.41, 5.74) is 6.50. The van der Waals surface area contributed by atoms with Crippen molar-refractivity contribution in [3.05, 3.63) is 143 Å². The van der Waals surface area contributed by atoms with Crippen molar-refractivity contribution in [3.63, 3.8) is 0 Å². The molecule has 610 valence electrons. The molecular weight excluding hydrogens is 1450 g/mol. The van der Waals surface area contributed by atoms with Crippen LogP contribution in [0.1, 0.15) is 172 Å². The average Bonchev–Trinajstić information content (AvgIpc) is 1.80. The summed E-state index contributed by atoms with van der Waals surface area (Å²) in [6, 6.07) is 10.7. The normalized spacial score (nSPS) is 17.1. The van der Waals surface area contributed by atoms with Gasteiger partial charge >= 0.3 is 30.0 Å². The number of aryl methyl sites for hydroxylation is 2. The van der Waals surface area contributed by atoms with E-state index in [0.717, 1.165) is 13.0 Å². The zero-order valence-electron chi connectivity index (χ0n) is 64.4. The maximum absolute atomic E-state index is 13.7. The van der Waals surface area contributed by atoms with Crippen molar-refractivity contribution in [2.75, 3.05) is 39.5 Å². The smallest absolute Gasteiger partial charge is 0.408 e. The minimum absolute atomic E-state index is 0. The van der Waals surface area contributed by atoms with Gasteiger partial charge in [0.15, 0.2) is 23.0 Å². The molecule has 0 radical (unpaired) electrons. The highest BCUT2D eigenvalue weighted by Gasteiger charge is 2.35. The van der Waals surface area contributed by atoms with E-state index in [9.17, 15) is 76.2 Å². The molecule has 5 heterocycles. The largest absolute Gasteiger partial charge is 0.481 e. The average molecular weight is 1560 g/mol. The molecule has 10 N–H and O–H groups in total. The van der Waals surface area contributed by atoms with E-state index in [-0.39, 0.29) is 123 Å². The molecule has 0 unspecified atom stereocenters. The molecule has 0 spiro atoms. The van der Waals surface area contributed by atoms with E-state index in [1.165, 1.54) is 91.0 Å². The van der Waals surface area contributed by atoms with Crippen LogP contribution in [0.5, 0.6) is 0 Å².